The number of carbonyl (C=O) groups excluding carboxylic acids is 1. The molecule has 1 aliphatic rings. The lowest BCUT2D eigenvalue weighted by molar-refractivity contribution is -0.385. The molecule has 0 radical (unpaired) electrons. The molecule has 2 heterocycles. The van der Waals surface area contributed by atoms with Gasteiger partial charge in [0, 0.05) is 12.6 Å². The van der Waals surface area contributed by atoms with Gasteiger partial charge in [0.25, 0.3) is 11.6 Å². The number of rotatable bonds is 4. The van der Waals surface area contributed by atoms with Crippen molar-refractivity contribution in [3.05, 3.63) is 33.1 Å². The van der Waals surface area contributed by atoms with Crippen molar-refractivity contribution in [3.63, 3.8) is 0 Å². The van der Waals surface area contributed by atoms with Gasteiger partial charge in [0.1, 0.15) is 11.3 Å². The molecular weight excluding hydrogens is 302 g/mol. The minimum atomic E-state index is -0.599. The van der Waals surface area contributed by atoms with E-state index in [9.17, 15) is 14.9 Å². The van der Waals surface area contributed by atoms with Gasteiger partial charge in [0.2, 0.25) is 0 Å². The van der Waals surface area contributed by atoms with E-state index in [0.717, 1.165) is 36.6 Å². The molecule has 0 atom stereocenters. The van der Waals surface area contributed by atoms with E-state index in [4.69, 9.17) is 11.6 Å². The fourth-order valence-electron chi connectivity index (χ4n) is 1.98. The van der Waals surface area contributed by atoms with Gasteiger partial charge in [-0.05, 0) is 30.3 Å². The average molecular weight is 316 g/mol. The molecule has 1 aromatic heterocycles. The smallest absolute Gasteiger partial charge is 0.288 e. The van der Waals surface area contributed by atoms with Crippen molar-refractivity contribution in [2.24, 2.45) is 5.92 Å². The number of nitrogens with one attached hydrogen (secondary N) is 1. The number of halogens is 1. The van der Waals surface area contributed by atoms with Gasteiger partial charge in [-0.2, -0.15) is 11.8 Å². The molecule has 8 heteroatoms. The molecule has 0 spiro atoms. The second-order valence-electron chi connectivity index (χ2n) is 4.55. The van der Waals surface area contributed by atoms with Crippen LogP contribution in [0.2, 0.25) is 5.15 Å². The van der Waals surface area contributed by atoms with Crippen LogP contribution in [0.1, 0.15) is 23.2 Å². The lowest BCUT2D eigenvalue weighted by Crippen LogP contribution is -2.31. The minimum Gasteiger partial charge on any atom is -0.352 e. The number of aromatic nitrogens is 1. The zero-order valence-corrected chi connectivity index (χ0v) is 12.2. The van der Waals surface area contributed by atoms with E-state index >= 15 is 0 Å². The Bertz CT molecular complexity index is 521. The topological polar surface area (TPSA) is 85.1 Å². The van der Waals surface area contributed by atoms with Crippen LogP contribution >= 0.6 is 23.4 Å². The quantitative estimate of drug-likeness (QED) is 0.524. The normalized spacial score (nSPS) is 15.8. The zero-order valence-electron chi connectivity index (χ0n) is 10.7. The van der Waals surface area contributed by atoms with Crippen LogP contribution in [-0.4, -0.2) is 33.9 Å². The molecule has 0 saturated carbocycles. The number of thioether (sulfide) groups is 1. The number of hydrogen-bond acceptors (Lipinski definition) is 5. The van der Waals surface area contributed by atoms with Gasteiger partial charge < -0.3 is 5.32 Å². The molecule has 1 aromatic rings. The van der Waals surface area contributed by atoms with Crippen molar-refractivity contribution in [2.75, 3.05) is 18.1 Å². The van der Waals surface area contributed by atoms with Gasteiger partial charge in [0.05, 0.1) is 10.5 Å². The number of pyridine rings is 1. The van der Waals surface area contributed by atoms with E-state index in [0.29, 0.717) is 12.5 Å². The average Bonchev–Trinajstić information content (AvgIpc) is 2.46. The van der Waals surface area contributed by atoms with Crippen molar-refractivity contribution in [2.45, 2.75) is 12.8 Å². The van der Waals surface area contributed by atoms with Gasteiger partial charge in [-0.1, -0.05) is 11.6 Å². The van der Waals surface area contributed by atoms with Gasteiger partial charge in [0.15, 0.2) is 0 Å². The van der Waals surface area contributed by atoms with Crippen LogP contribution in [-0.2, 0) is 0 Å². The van der Waals surface area contributed by atoms with E-state index in [1.165, 1.54) is 0 Å². The second kappa shape index (κ2) is 6.90. The Morgan fingerprint density at radius 3 is 2.90 bits per heavy atom. The molecule has 0 aromatic carbocycles. The van der Waals surface area contributed by atoms with E-state index in [-0.39, 0.29) is 16.4 Å². The fourth-order valence-corrected chi connectivity index (χ4v) is 3.37. The summed E-state index contributed by atoms with van der Waals surface area (Å²) in [4.78, 5) is 25.8. The summed E-state index contributed by atoms with van der Waals surface area (Å²) in [5.74, 6) is 2.27. The molecule has 0 aliphatic carbocycles. The third-order valence-corrected chi connectivity index (χ3v) is 4.52. The van der Waals surface area contributed by atoms with Crippen LogP contribution in [0.5, 0.6) is 0 Å². The minimum absolute atomic E-state index is 0.0210. The number of nitro groups is 1. The number of hydrogen-bond donors (Lipinski definition) is 1. The van der Waals surface area contributed by atoms with Crippen LogP contribution in [0.15, 0.2) is 12.3 Å². The van der Waals surface area contributed by atoms with Crippen molar-refractivity contribution in [1.29, 1.82) is 0 Å². The van der Waals surface area contributed by atoms with E-state index < -0.39 is 10.8 Å². The molecule has 1 saturated heterocycles. The summed E-state index contributed by atoms with van der Waals surface area (Å²) in [5, 5.41) is 13.4. The molecule has 1 N–H and O–H groups in total. The predicted octanol–water partition coefficient (Wildman–Crippen LogP) is 2.52. The molecule has 108 valence electrons. The summed E-state index contributed by atoms with van der Waals surface area (Å²) in [6, 6.07) is 1.15. The van der Waals surface area contributed by atoms with Gasteiger partial charge in [-0.3, -0.25) is 14.9 Å². The number of carbonyl (C=O) groups is 1. The predicted molar refractivity (Wildman–Crippen MR) is 78.3 cm³/mol. The van der Waals surface area contributed by atoms with Crippen molar-refractivity contribution < 1.29 is 9.72 Å². The van der Waals surface area contributed by atoms with Crippen LogP contribution in [0.3, 0.4) is 0 Å². The summed E-state index contributed by atoms with van der Waals surface area (Å²) in [6.45, 7) is 0.568. The third kappa shape index (κ3) is 3.83. The van der Waals surface area contributed by atoms with Gasteiger partial charge >= 0.3 is 0 Å². The first-order chi connectivity index (χ1) is 9.58. The summed E-state index contributed by atoms with van der Waals surface area (Å²) < 4.78 is 0. The number of amides is 1. The molecule has 2 rings (SSSR count). The molecule has 0 bridgehead atoms. The highest BCUT2D eigenvalue weighted by Crippen LogP contribution is 2.23. The Morgan fingerprint density at radius 1 is 1.55 bits per heavy atom. The molecule has 0 unspecified atom stereocenters. The maximum atomic E-state index is 12.0. The summed E-state index contributed by atoms with van der Waals surface area (Å²) in [6.07, 6.45) is 3.19. The highest BCUT2D eigenvalue weighted by molar-refractivity contribution is 7.99. The van der Waals surface area contributed by atoms with Crippen molar-refractivity contribution in [1.82, 2.24) is 10.3 Å². The molecule has 20 heavy (non-hydrogen) atoms. The Hall–Kier alpha value is -1.34. The SMILES string of the molecule is O=C(NCC1CCSCC1)c1cc([N+](=O)[O-])cnc1Cl. The van der Waals surface area contributed by atoms with Crippen LogP contribution in [0, 0.1) is 16.0 Å². The molecule has 1 amide bonds. The highest BCUT2D eigenvalue weighted by atomic mass is 35.5. The largest absolute Gasteiger partial charge is 0.352 e. The van der Waals surface area contributed by atoms with Crippen molar-refractivity contribution >= 4 is 35.0 Å². The van der Waals surface area contributed by atoms with Gasteiger partial charge in [-0.15, -0.1) is 0 Å². The summed E-state index contributed by atoms with van der Waals surface area (Å²) in [5.41, 5.74) is -0.195. The Kier molecular flexibility index (Phi) is 5.19. The lowest BCUT2D eigenvalue weighted by atomic mass is 10.0. The maximum absolute atomic E-state index is 12.0. The maximum Gasteiger partial charge on any atom is 0.288 e. The summed E-state index contributed by atoms with van der Waals surface area (Å²) >= 11 is 7.74. The molecular formula is C12H14ClN3O3S. The summed E-state index contributed by atoms with van der Waals surface area (Å²) in [7, 11) is 0. The van der Waals surface area contributed by atoms with Gasteiger partial charge in [-0.25, -0.2) is 4.98 Å². The fraction of sp³-hybridized carbons (Fsp3) is 0.500. The van der Waals surface area contributed by atoms with Crippen LogP contribution in [0.25, 0.3) is 0 Å². The molecule has 6 nitrogen and oxygen atoms in total. The first kappa shape index (κ1) is 15.1. The molecule has 1 fully saturated rings. The van der Waals surface area contributed by atoms with E-state index in [2.05, 4.69) is 10.3 Å². The van der Waals surface area contributed by atoms with E-state index in [1.54, 1.807) is 0 Å². The second-order valence-corrected chi connectivity index (χ2v) is 6.14. The lowest BCUT2D eigenvalue weighted by Gasteiger charge is -2.21. The standard InChI is InChI=1S/C12H14ClN3O3S/c13-11-10(5-9(7-14-11)16(18)19)12(17)15-6-8-1-3-20-4-2-8/h5,7-8H,1-4,6H2,(H,15,17). The van der Waals surface area contributed by atoms with E-state index in [1.807, 2.05) is 11.8 Å². The Labute approximate surface area is 125 Å². The van der Waals surface area contributed by atoms with Crippen molar-refractivity contribution in [3.8, 4) is 0 Å². The number of nitrogens with zero attached hydrogens (tertiary/aromatic N) is 2. The first-order valence-corrected chi connectivity index (χ1v) is 7.77. The third-order valence-electron chi connectivity index (χ3n) is 3.17. The van der Waals surface area contributed by atoms with Crippen LogP contribution in [0.4, 0.5) is 5.69 Å². The molecule has 1 aliphatic heterocycles. The monoisotopic (exact) mass is 315 g/mol. The first-order valence-electron chi connectivity index (χ1n) is 6.24. The van der Waals surface area contributed by atoms with Crippen LogP contribution < -0.4 is 5.32 Å². The Balaban J connectivity index is 2.00. The Morgan fingerprint density at radius 2 is 2.25 bits per heavy atom. The highest BCUT2D eigenvalue weighted by Gasteiger charge is 2.19. The zero-order chi connectivity index (χ0) is 14.5.